The second-order valence-electron chi connectivity index (χ2n) is 3.83. The predicted octanol–water partition coefficient (Wildman–Crippen LogP) is 4.69. The van der Waals surface area contributed by atoms with Gasteiger partial charge in [-0.3, -0.25) is 4.79 Å². The van der Waals surface area contributed by atoms with E-state index in [1.165, 1.54) is 6.08 Å². The molecule has 1 amide bonds. The van der Waals surface area contributed by atoms with Gasteiger partial charge in [0.25, 0.3) is 0 Å². The molecule has 0 unspecified atom stereocenters. The Balaban J connectivity index is 2.08. The molecule has 2 rings (SSSR count). The number of hydrogen-bond donors (Lipinski definition) is 1. The fourth-order valence-electron chi connectivity index (χ4n) is 1.46. The lowest BCUT2D eigenvalue weighted by atomic mass is 10.2. The first-order valence-electron chi connectivity index (χ1n) is 5.61. The van der Waals surface area contributed by atoms with Crippen molar-refractivity contribution in [2.24, 2.45) is 0 Å². The standard InChI is InChI=1S/C14H9Cl3N2O/c15-10-5-3-9(11(16)8-10)4-6-13(20)19-12-2-1-7-18-14(12)17/h1-8H,(H,19,20)/b6-4+. The third-order valence-corrected chi connectivity index (χ3v) is 3.26. The lowest BCUT2D eigenvalue weighted by Crippen LogP contribution is -2.08. The van der Waals surface area contributed by atoms with Crippen LogP contribution < -0.4 is 5.32 Å². The van der Waals surface area contributed by atoms with Gasteiger partial charge in [0.1, 0.15) is 0 Å². The van der Waals surface area contributed by atoms with Gasteiger partial charge in [-0.1, -0.05) is 40.9 Å². The van der Waals surface area contributed by atoms with E-state index in [0.29, 0.717) is 21.3 Å². The zero-order valence-electron chi connectivity index (χ0n) is 10.1. The maximum Gasteiger partial charge on any atom is 0.248 e. The van der Waals surface area contributed by atoms with E-state index in [1.54, 1.807) is 42.6 Å². The minimum atomic E-state index is -0.328. The highest BCUT2D eigenvalue weighted by Crippen LogP contribution is 2.22. The fourth-order valence-corrected chi connectivity index (χ4v) is 2.09. The van der Waals surface area contributed by atoms with Gasteiger partial charge in [0.2, 0.25) is 5.91 Å². The minimum absolute atomic E-state index is 0.235. The van der Waals surface area contributed by atoms with Crippen LogP contribution in [0.2, 0.25) is 15.2 Å². The zero-order chi connectivity index (χ0) is 14.5. The van der Waals surface area contributed by atoms with E-state index < -0.39 is 0 Å². The number of carbonyl (C=O) groups is 1. The van der Waals surface area contributed by atoms with Crippen molar-refractivity contribution in [2.75, 3.05) is 5.32 Å². The number of hydrogen-bond acceptors (Lipinski definition) is 2. The van der Waals surface area contributed by atoms with Crippen molar-refractivity contribution in [1.29, 1.82) is 0 Å². The second-order valence-corrected chi connectivity index (χ2v) is 5.03. The number of benzene rings is 1. The Kier molecular flexibility index (Phi) is 5.01. The van der Waals surface area contributed by atoms with Crippen LogP contribution in [-0.2, 0) is 4.79 Å². The van der Waals surface area contributed by atoms with Crippen LogP contribution in [0.5, 0.6) is 0 Å². The Labute approximate surface area is 131 Å². The average molecular weight is 328 g/mol. The van der Waals surface area contributed by atoms with E-state index >= 15 is 0 Å². The molecule has 0 aliphatic heterocycles. The molecule has 1 N–H and O–H groups in total. The third kappa shape index (κ3) is 3.97. The summed E-state index contributed by atoms with van der Waals surface area (Å²) in [5.74, 6) is -0.328. The molecule has 0 radical (unpaired) electrons. The van der Waals surface area contributed by atoms with Crippen molar-refractivity contribution >= 4 is 52.5 Å². The predicted molar refractivity (Wildman–Crippen MR) is 83.4 cm³/mol. The van der Waals surface area contributed by atoms with Crippen molar-refractivity contribution in [3.8, 4) is 0 Å². The molecule has 0 bridgehead atoms. The number of carbonyl (C=O) groups excluding carboxylic acids is 1. The molecule has 0 atom stereocenters. The molecule has 0 saturated carbocycles. The van der Waals surface area contributed by atoms with Gasteiger partial charge in [-0.05, 0) is 35.9 Å². The van der Waals surface area contributed by atoms with Crippen LogP contribution in [0.15, 0.2) is 42.6 Å². The average Bonchev–Trinajstić information content (AvgIpc) is 2.40. The highest BCUT2D eigenvalue weighted by Gasteiger charge is 2.03. The van der Waals surface area contributed by atoms with Crippen LogP contribution in [0.1, 0.15) is 5.56 Å². The van der Waals surface area contributed by atoms with Crippen LogP contribution in [0.4, 0.5) is 5.69 Å². The van der Waals surface area contributed by atoms with Crippen molar-refractivity contribution in [3.05, 3.63) is 63.4 Å². The first kappa shape index (κ1) is 14.9. The maximum absolute atomic E-state index is 11.8. The highest BCUT2D eigenvalue weighted by atomic mass is 35.5. The summed E-state index contributed by atoms with van der Waals surface area (Å²) in [5, 5.41) is 3.87. The van der Waals surface area contributed by atoms with Crippen molar-refractivity contribution in [3.63, 3.8) is 0 Å². The molecular formula is C14H9Cl3N2O. The van der Waals surface area contributed by atoms with Crippen LogP contribution >= 0.6 is 34.8 Å². The van der Waals surface area contributed by atoms with Crippen LogP contribution in [0, 0.1) is 0 Å². The molecule has 1 heterocycles. The molecule has 0 spiro atoms. The van der Waals surface area contributed by atoms with E-state index in [4.69, 9.17) is 34.8 Å². The number of nitrogens with zero attached hydrogens (tertiary/aromatic N) is 1. The first-order valence-corrected chi connectivity index (χ1v) is 6.74. The number of nitrogens with one attached hydrogen (secondary N) is 1. The summed E-state index contributed by atoms with van der Waals surface area (Å²) < 4.78 is 0. The monoisotopic (exact) mass is 326 g/mol. The lowest BCUT2D eigenvalue weighted by Gasteiger charge is -2.03. The van der Waals surface area contributed by atoms with Crippen molar-refractivity contribution in [1.82, 2.24) is 4.98 Å². The van der Waals surface area contributed by atoms with E-state index in [9.17, 15) is 4.79 Å². The number of amides is 1. The largest absolute Gasteiger partial charge is 0.320 e. The fraction of sp³-hybridized carbons (Fsp3) is 0. The maximum atomic E-state index is 11.8. The number of anilines is 1. The zero-order valence-corrected chi connectivity index (χ0v) is 12.4. The minimum Gasteiger partial charge on any atom is -0.320 e. The van der Waals surface area contributed by atoms with Gasteiger partial charge in [-0.2, -0.15) is 0 Å². The van der Waals surface area contributed by atoms with Gasteiger partial charge < -0.3 is 5.32 Å². The molecule has 3 nitrogen and oxygen atoms in total. The summed E-state index contributed by atoms with van der Waals surface area (Å²) in [5.41, 5.74) is 1.15. The molecule has 0 saturated heterocycles. The summed E-state index contributed by atoms with van der Waals surface area (Å²) >= 11 is 17.6. The lowest BCUT2D eigenvalue weighted by molar-refractivity contribution is -0.111. The van der Waals surface area contributed by atoms with Gasteiger partial charge >= 0.3 is 0 Å². The molecule has 0 aliphatic carbocycles. The van der Waals surface area contributed by atoms with Crippen molar-refractivity contribution in [2.45, 2.75) is 0 Å². The number of halogens is 3. The number of pyridine rings is 1. The van der Waals surface area contributed by atoms with Crippen LogP contribution in [0.3, 0.4) is 0 Å². The second kappa shape index (κ2) is 6.75. The smallest absolute Gasteiger partial charge is 0.248 e. The molecule has 0 aliphatic rings. The van der Waals surface area contributed by atoms with E-state index in [1.807, 2.05) is 0 Å². The Bertz CT molecular complexity index is 671. The Morgan fingerprint density at radius 2 is 2.00 bits per heavy atom. The van der Waals surface area contributed by atoms with Crippen LogP contribution in [0.25, 0.3) is 6.08 Å². The van der Waals surface area contributed by atoms with Gasteiger partial charge in [0, 0.05) is 22.3 Å². The van der Waals surface area contributed by atoms with E-state index in [-0.39, 0.29) is 11.1 Å². The topological polar surface area (TPSA) is 42.0 Å². The molecule has 2 aromatic rings. The SMILES string of the molecule is O=C(/C=C/c1ccc(Cl)cc1Cl)Nc1cccnc1Cl. The third-order valence-electron chi connectivity index (χ3n) is 2.39. The molecule has 6 heteroatoms. The molecule has 1 aromatic carbocycles. The summed E-state index contributed by atoms with van der Waals surface area (Å²) in [4.78, 5) is 15.6. The van der Waals surface area contributed by atoms with Gasteiger partial charge in [0.05, 0.1) is 5.69 Å². The summed E-state index contributed by atoms with van der Waals surface area (Å²) in [6.07, 6.45) is 4.50. The highest BCUT2D eigenvalue weighted by molar-refractivity contribution is 6.35. The molecule has 0 fully saturated rings. The van der Waals surface area contributed by atoms with Gasteiger partial charge in [-0.15, -0.1) is 0 Å². The quantitative estimate of drug-likeness (QED) is 0.656. The summed E-state index contributed by atoms with van der Waals surface area (Å²) in [6, 6.07) is 8.38. The van der Waals surface area contributed by atoms with E-state index in [0.717, 1.165) is 0 Å². The molecular weight excluding hydrogens is 319 g/mol. The summed E-state index contributed by atoms with van der Waals surface area (Å²) in [6.45, 7) is 0. The van der Waals surface area contributed by atoms with Gasteiger partial charge in [-0.25, -0.2) is 4.98 Å². The van der Waals surface area contributed by atoms with Crippen LogP contribution in [-0.4, -0.2) is 10.9 Å². The Hall–Kier alpha value is -1.55. The molecule has 1 aromatic heterocycles. The van der Waals surface area contributed by atoms with E-state index in [2.05, 4.69) is 10.3 Å². The normalized spacial score (nSPS) is 10.8. The van der Waals surface area contributed by atoms with Gasteiger partial charge in [0.15, 0.2) is 5.15 Å². The molecule has 20 heavy (non-hydrogen) atoms. The number of aromatic nitrogens is 1. The number of rotatable bonds is 3. The molecule has 102 valence electrons. The van der Waals surface area contributed by atoms with Crippen molar-refractivity contribution < 1.29 is 4.79 Å². The Morgan fingerprint density at radius 1 is 1.20 bits per heavy atom. The Morgan fingerprint density at radius 3 is 2.70 bits per heavy atom. The summed E-state index contributed by atoms with van der Waals surface area (Å²) in [7, 11) is 0. The first-order chi connectivity index (χ1) is 9.56.